The standard InChI is InChI=1S/C20H24BrN3OSi/c1-26(2,3)13-12-25-15-24-20-10-7-16(21)14-18(20)19(23-24)9-8-17-6-4-5-11-22-17/h4-11,14H,12-13,15H2,1-3H3/b9-8+. The monoisotopic (exact) mass is 429 g/mol. The van der Waals surface area contributed by atoms with Crippen LogP contribution in [0.15, 0.2) is 47.1 Å². The third-order valence-electron chi connectivity index (χ3n) is 4.05. The molecule has 136 valence electrons. The number of hydrogen-bond acceptors (Lipinski definition) is 3. The molecule has 0 amide bonds. The lowest BCUT2D eigenvalue weighted by atomic mass is 10.2. The van der Waals surface area contributed by atoms with Crippen molar-refractivity contribution in [3.05, 3.63) is 58.5 Å². The molecule has 3 rings (SSSR count). The minimum Gasteiger partial charge on any atom is -0.360 e. The van der Waals surface area contributed by atoms with Crippen LogP contribution in [0.5, 0.6) is 0 Å². The number of nitrogens with zero attached hydrogens (tertiary/aromatic N) is 3. The van der Waals surface area contributed by atoms with Crippen molar-refractivity contribution in [2.45, 2.75) is 32.4 Å². The Kier molecular flexibility index (Phi) is 6.06. The van der Waals surface area contributed by atoms with Gasteiger partial charge in [0.15, 0.2) is 0 Å². The van der Waals surface area contributed by atoms with Crippen molar-refractivity contribution >= 4 is 47.1 Å². The summed E-state index contributed by atoms with van der Waals surface area (Å²) >= 11 is 3.56. The number of ether oxygens (including phenoxy) is 1. The van der Waals surface area contributed by atoms with Crippen LogP contribution in [-0.4, -0.2) is 29.4 Å². The zero-order chi connectivity index (χ0) is 18.6. The van der Waals surface area contributed by atoms with Gasteiger partial charge in [-0.2, -0.15) is 5.10 Å². The molecule has 0 atom stereocenters. The second kappa shape index (κ2) is 8.29. The predicted octanol–water partition coefficient (Wildman–Crippen LogP) is 5.68. The third kappa shape index (κ3) is 5.12. The van der Waals surface area contributed by atoms with Crippen molar-refractivity contribution < 1.29 is 4.74 Å². The highest BCUT2D eigenvalue weighted by Gasteiger charge is 2.13. The summed E-state index contributed by atoms with van der Waals surface area (Å²) in [6, 6.07) is 13.2. The van der Waals surface area contributed by atoms with E-state index in [1.165, 1.54) is 0 Å². The summed E-state index contributed by atoms with van der Waals surface area (Å²) < 4.78 is 8.87. The Morgan fingerprint density at radius 3 is 2.73 bits per heavy atom. The summed E-state index contributed by atoms with van der Waals surface area (Å²) in [7, 11) is -1.08. The molecule has 0 aliphatic rings. The number of rotatable bonds is 7. The molecule has 0 N–H and O–H groups in total. The lowest BCUT2D eigenvalue weighted by Gasteiger charge is -2.15. The van der Waals surface area contributed by atoms with Crippen LogP contribution >= 0.6 is 15.9 Å². The van der Waals surface area contributed by atoms with E-state index in [0.717, 1.165) is 39.4 Å². The lowest BCUT2D eigenvalue weighted by Crippen LogP contribution is -2.22. The van der Waals surface area contributed by atoms with Crippen LogP contribution in [0.25, 0.3) is 23.1 Å². The number of halogens is 1. The van der Waals surface area contributed by atoms with Gasteiger partial charge in [0.1, 0.15) is 6.73 Å². The van der Waals surface area contributed by atoms with Gasteiger partial charge in [-0.1, -0.05) is 41.6 Å². The van der Waals surface area contributed by atoms with Gasteiger partial charge in [-0.3, -0.25) is 4.98 Å². The maximum Gasteiger partial charge on any atom is 0.140 e. The Balaban J connectivity index is 1.82. The average Bonchev–Trinajstić information content (AvgIpc) is 2.94. The van der Waals surface area contributed by atoms with E-state index >= 15 is 0 Å². The Hall–Kier alpha value is -1.76. The molecule has 6 heteroatoms. The van der Waals surface area contributed by atoms with Gasteiger partial charge in [-0.25, -0.2) is 4.68 Å². The van der Waals surface area contributed by atoms with E-state index in [4.69, 9.17) is 9.84 Å². The highest BCUT2D eigenvalue weighted by molar-refractivity contribution is 9.10. The van der Waals surface area contributed by atoms with E-state index in [9.17, 15) is 0 Å². The topological polar surface area (TPSA) is 39.9 Å². The molecular formula is C20H24BrN3OSi. The van der Waals surface area contributed by atoms with Gasteiger partial charge < -0.3 is 4.74 Å². The number of hydrogen-bond donors (Lipinski definition) is 0. The Morgan fingerprint density at radius 2 is 2.00 bits per heavy atom. The number of pyridine rings is 1. The predicted molar refractivity (Wildman–Crippen MR) is 115 cm³/mol. The zero-order valence-electron chi connectivity index (χ0n) is 15.4. The summed E-state index contributed by atoms with van der Waals surface area (Å²) in [5.74, 6) is 0. The molecule has 2 heterocycles. The van der Waals surface area contributed by atoms with Crippen LogP contribution in [0.1, 0.15) is 11.4 Å². The average molecular weight is 430 g/mol. The molecule has 0 saturated heterocycles. The fourth-order valence-electron chi connectivity index (χ4n) is 2.57. The fourth-order valence-corrected chi connectivity index (χ4v) is 3.68. The summed E-state index contributed by atoms with van der Waals surface area (Å²) in [6.07, 6.45) is 5.79. The summed E-state index contributed by atoms with van der Waals surface area (Å²) in [5, 5.41) is 5.84. The van der Waals surface area contributed by atoms with Gasteiger partial charge in [0, 0.05) is 30.7 Å². The van der Waals surface area contributed by atoms with Crippen LogP contribution in [-0.2, 0) is 11.5 Å². The van der Waals surface area contributed by atoms with Crippen LogP contribution in [0.3, 0.4) is 0 Å². The first-order valence-electron chi connectivity index (χ1n) is 8.75. The molecule has 0 fully saturated rings. The van der Waals surface area contributed by atoms with Gasteiger partial charge >= 0.3 is 0 Å². The van der Waals surface area contributed by atoms with Crippen molar-refractivity contribution in [3.8, 4) is 0 Å². The van der Waals surface area contributed by atoms with Gasteiger partial charge in [0.05, 0.1) is 16.9 Å². The van der Waals surface area contributed by atoms with E-state index in [1.54, 1.807) is 6.20 Å². The molecule has 1 aromatic carbocycles. The molecule has 0 saturated carbocycles. The van der Waals surface area contributed by atoms with E-state index in [-0.39, 0.29) is 0 Å². The Morgan fingerprint density at radius 1 is 1.15 bits per heavy atom. The van der Waals surface area contributed by atoms with Crippen molar-refractivity contribution in [2.24, 2.45) is 0 Å². The first-order valence-corrected chi connectivity index (χ1v) is 13.3. The maximum atomic E-state index is 5.90. The molecular weight excluding hydrogens is 406 g/mol. The molecule has 26 heavy (non-hydrogen) atoms. The van der Waals surface area contributed by atoms with Gasteiger partial charge in [-0.15, -0.1) is 0 Å². The van der Waals surface area contributed by atoms with E-state index in [2.05, 4.69) is 52.7 Å². The first kappa shape index (κ1) is 19.0. The van der Waals surface area contributed by atoms with Crippen molar-refractivity contribution in [1.29, 1.82) is 0 Å². The summed E-state index contributed by atoms with van der Waals surface area (Å²) in [4.78, 5) is 4.33. The first-order chi connectivity index (χ1) is 12.4. The zero-order valence-corrected chi connectivity index (χ0v) is 18.0. The van der Waals surface area contributed by atoms with Crippen LogP contribution in [0, 0.1) is 0 Å². The molecule has 0 aliphatic heterocycles. The SMILES string of the molecule is C[Si](C)(C)CCOCn1nc(/C=C/c2ccccn2)c2cc(Br)ccc21. The number of fused-ring (bicyclic) bond motifs is 1. The normalized spacial score (nSPS) is 12.3. The molecule has 2 aromatic heterocycles. The van der Waals surface area contributed by atoms with Gasteiger partial charge in [0.25, 0.3) is 0 Å². The molecule has 0 aliphatic carbocycles. The van der Waals surface area contributed by atoms with Gasteiger partial charge in [-0.05, 0) is 48.5 Å². The fraction of sp³-hybridized carbons (Fsp3) is 0.300. The lowest BCUT2D eigenvalue weighted by molar-refractivity contribution is 0.0816. The molecule has 0 bridgehead atoms. The minimum atomic E-state index is -1.08. The smallest absolute Gasteiger partial charge is 0.140 e. The van der Waals surface area contributed by atoms with E-state index < -0.39 is 8.07 Å². The molecule has 0 spiro atoms. The highest BCUT2D eigenvalue weighted by atomic mass is 79.9. The Labute approximate surface area is 164 Å². The second-order valence-corrected chi connectivity index (χ2v) is 14.0. The maximum absolute atomic E-state index is 5.90. The highest BCUT2D eigenvalue weighted by Crippen LogP contribution is 2.24. The summed E-state index contributed by atoms with van der Waals surface area (Å²) in [6.45, 7) is 8.33. The minimum absolute atomic E-state index is 0.472. The molecule has 0 radical (unpaired) electrons. The third-order valence-corrected chi connectivity index (χ3v) is 6.25. The second-order valence-electron chi connectivity index (χ2n) is 7.48. The molecule has 3 aromatic rings. The molecule has 4 nitrogen and oxygen atoms in total. The van der Waals surface area contributed by atoms with Crippen LogP contribution in [0.4, 0.5) is 0 Å². The van der Waals surface area contributed by atoms with E-state index in [1.807, 2.05) is 41.1 Å². The van der Waals surface area contributed by atoms with Crippen molar-refractivity contribution in [2.75, 3.05) is 6.61 Å². The van der Waals surface area contributed by atoms with E-state index in [0.29, 0.717) is 6.73 Å². The van der Waals surface area contributed by atoms with Crippen LogP contribution in [0.2, 0.25) is 25.7 Å². The van der Waals surface area contributed by atoms with Crippen molar-refractivity contribution in [1.82, 2.24) is 14.8 Å². The molecule has 0 unspecified atom stereocenters. The van der Waals surface area contributed by atoms with Crippen LogP contribution < -0.4 is 0 Å². The number of aromatic nitrogens is 3. The summed E-state index contributed by atoms with van der Waals surface area (Å²) in [5.41, 5.74) is 2.90. The largest absolute Gasteiger partial charge is 0.360 e. The Bertz CT molecular complexity index is 901. The van der Waals surface area contributed by atoms with Crippen molar-refractivity contribution in [3.63, 3.8) is 0 Å². The van der Waals surface area contributed by atoms with Gasteiger partial charge in [0.2, 0.25) is 0 Å². The quantitative estimate of drug-likeness (QED) is 0.358. The number of benzene rings is 1.